The molecular weight excluding hydrogens is 637 g/mol. The van der Waals surface area contributed by atoms with Crippen LogP contribution in [0.2, 0.25) is 0 Å². The van der Waals surface area contributed by atoms with E-state index in [0.29, 0.717) is 24.3 Å². The lowest BCUT2D eigenvalue weighted by Gasteiger charge is -2.54. The minimum atomic E-state index is -5.15. The number of ether oxygens (including phenoxy) is 1. The normalized spacial score (nSPS) is 20.3. The molecule has 2 fully saturated rings. The summed E-state index contributed by atoms with van der Waals surface area (Å²) in [5.74, 6) is -2.28. The summed E-state index contributed by atoms with van der Waals surface area (Å²) in [6.07, 6.45) is -10.4. The SMILES string of the molecule is CC(C)(C)[C@]12CC[C@@H](CN(c3nc(OCC(F)(F)F)nc4c(F)c(-c5cc(O)cc6ccccc56)c(C(F)(F)F)cc34)C1)N2C(=O)O. The van der Waals surface area contributed by atoms with Crippen molar-refractivity contribution in [3.8, 4) is 22.9 Å². The first-order valence-corrected chi connectivity index (χ1v) is 14.6. The number of piperazine rings is 1. The molecule has 8 nitrogen and oxygen atoms in total. The van der Waals surface area contributed by atoms with Crippen LogP contribution in [0.4, 0.5) is 41.3 Å². The molecular formula is C32H29F7N4O4. The lowest BCUT2D eigenvalue weighted by Crippen LogP contribution is -2.68. The number of carboxylic acid groups (broad SMARTS) is 1. The van der Waals surface area contributed by atoms with Gasteiger partial charge >= 0.3 is 24.5 Å². The Hall–Kier alpha value is -4.56. The van der Waals surface area contributed by atoms with Gasteiger partial charge in [0, 0.05) is 24.0 Å². The number of aromatic nitrogens is 2. The van der Waals surface area contributed by atoms with Crippen LogP contribution in [0.3, 0.4) is 0 Å². The summed E-state index contributed by atoms with van der Waals surface area (Å²) in [5, 5.41) is 20.5. The molecule has 1 aromatic heterocycles. The molecule has 47 heavy (non-hydrogen) atoms. The number of benzene rings is 3. The molecule has 2 N–H and O–H groups in total. The van der Waals surface area contributed by atoms with Crippen LogP contribution in [0.15, 0.2) is 42.5 Å². The van der Waals surface area contributed by atoms with Crippen LogP contribution < -0.4 is 9.64 Å². The summed E-state index contributed by atoms with van der Waals surface area (Å²) < 4.78 is 106. The second kappa shape index (κ2) is 10.7. The number of nitrogens with zero attached hydrogens (tertiary/aromatic N) is 4. The number of phenols is 1. The molecule has 6 rings (SSSR count). The number of carbonyl (C=O) groups is 1. The fourth-order valence-electron chi connectivity index (χ4n) is 7.07. The lowest BCUT2D eigenvalue weighted by molar-refractivity contribution is -0.154. The highest BCUT2D eigenvalue weighted by Crippen LogP contribution is 2.51. The van der Waals surface area contributed by atoms with Gasteiger partial charge in [-0.05, 0) is 52.8 Å². The molecule has 2 atom stereocenters. The summed E-state index contributed by atoms with van der Waals surface area (Å²) >= 11 is 0. The van der Waals surface area contributed by atoms with E-state index in [1.165, 1.54) is 34.1 Å². The standard InChI is InChI=1S/C32H29F7N4O4/c1-29(2,3)30-9-8-17(43(30)28(45)46)13-42(14-30)26-21-12-22(32(37,38)39)23(20-11-18(44)10-16-6-4-5-7-19(16)20)24(33)25(21)40-27(41-26)47-15-31(34,35)36/h4-7,10-12,17,44H,8-9,13-15H2,1-3H3,(H,45,46)/t17-,30-/m0/s1. The molecule has 2 aliphatic rings. The molecule has 4 aromatic rings. The van der Waals surface area contributed by atoms with Gasteiger partial charge in [-0.25, -0.2) is 9.18 Å². The third kappa shape index (κ3) is 5.48. The zero-order valence-corrected chi connectivity index (χ0v) is 25.3. The van der Waals surface area contributed by atoms with E-state index >= 15 is 4.39 Å². The molecule has 0 unspecified atom stereocenters. The van der Waals surface area contributed by atoms with Crippen molar-refractivity contribution in [3.63, 3.8) is 0 Å². The van der Waals surface area contributed by atoms with E-state index in [1.54, 1.807) is 6.07 Å². The van der Waals surface area contributed by atoms with E-state index < -0.39 is 81.7 Å². The van der Waals surface area contributed by atoms with E-state index in [-0.39, 0.29) is 29.9 Å². The summed E-state index contributed by atoms with van der Waals surface area (Å²) in [4.78, 5) is 23.2. The highest BCUT2D eigenvalue weighted by molar-refractivity contribution is 6.02. The molecule has 3 aromatic carbocycles. The van der Waals surface area contributed by atoms with Crippen LogP contribution in [-0.4, -0.2) is 68.6 Å². The largest absolute Gasteiger partial charge is 0.508 e. The van der Waals surface area contributed by atoms with Crippen molar-refractivity contribution < 1.29 is 50.5 Å². The number of hydrogen-bond acceptors (Lipinski definition) is 6. The van der Waals surface area contributed by atoms with Crippen LogP contribution in [0.25, 0.3) is 32.8 Å². The van der Waals surface area contributed by atoms with Gasteiger partial charge in [0.1, 0.15) is 17.1 Å². The first kappa shape index (κ1) is 32.4. The Labute approximate surface area is 263 Å². The van der Waals surface area contributed by atoms with E-state index in [0.717, 1.165) is 6.07 Å². The van der Waals surface area contributed by atoms with Crippen LogP contribution in [0.1, 0.15) is 39.2 Å². The van der Waals surface area contributed by atoms with Gasteiger partial charge in [0.05, 0.1) is 17.1 Å². The Morgan fingerprint density at radius 2 is 1.74 bits per heavy atom. The van der Waals surface area contributed by atoms with Crippen molar-refractivity contribution in [1.82, 2.24) is 14.9 Å². The predicted octanol–water partition coefficient (Wildman–Crippen LogP) is 8.00. The minimum Gasteiger partial charge on any atom is -0.508 e. The summed E-state index contributed by atoms with van der Waals surface area (Å²) in [6.45, 7) is 3.43. The number of aromatic hydroxyl groups is 1. The van der Waals surface area contributed by atoms with Crippen molar-refractivity contribution in [2.45, 2.75) is 57.5 Å². The van der Waals surface area contributed by atoms with Gasteiger partial charge in [0.15, 0.2) is 12.4 Å². The number of amides is 1. The van der Waals surface area contributed by atoms with Gasteiger partial charge in [-0.3, -0.25) is 4.90 Å². The summed E-state index contributed by atoms with van der Waals surface area (Å²) in [6, 6.07) is 7.43. The average molecular weight is 667 g/mol. The van der Waals surface area contributed by atoms with Crippen LogP contribution in [0.5, 0.6) is 11.8 Å². The second-order valence-corrected chi connectivity index (χ2v) is 13.0. The maximum atomic E-state index is 16.8. The molecule has 15 heteroatoms. The van der Waals surface area contributed by atoms with E-state index in [1.807, 2.05) is 20.8 Å². The molecule has 0 spiro atoms. The Morgan fingerprint density at radius 1 is 1.04 bits per heavy atom. The molecule has 2 bridgehead atoms. The van der Waals surface area contributed by atoms with Gasteiger partial charge in [0.2, 0.25) is 0 Å². The zero-order valence-electron chi connectivity index (χ0n) is 25.3. The Kier molecular flexibility index (Phi) is 7.40. The highest BCUT2D eigenvalue weighted by atomic mass is 19.4. The molecule has 2 aliphatic heterocycles. The average Bonchev–Trinajstić information content (AvgIpc) is 3.22. The van der Waals surface area contributed by atoms with Gasteiger partial charge in [-0.2, -0.15) is 36.3 Å². The van der Waals surface area contributed by atoms with Crippen LogP contribution in [0, 0.1) is 11.2 Å². The highest BCUT2D eigenvalue weighted by Gasteiger charge is 2.59. The summed E-state index contributed by atoms with van der Waals surface area (Å²) in [5.41, 5.74) is -5.19. The molecule has 0 saturated carbocycles. The van der Waals surface area contributed by atoms with Gasteiger partial charge in [-0.1, -0.05) is 45.0 Å². The number of anilines is 1. The molecule has 2 saturated heterocycles. The number of alkyl halides is 6. The lowest BCUT2D eigenvalue weighted by atomic mass is 9.71. The Bertz CT molecular complexity index is 1910. The van der Waals surface area contributed by atoms with Crippen molar-refractivity contribution in [2.24, 2.45) is 5.41 Å². The zero-order chi connectivity index (χ0) is 34.3. The third-order valence-electron chi connectivity index (χ3n) is 9.18. The molecule has 3 heterocycles. The van der Waals surface area contributed by atoms with E-state index in [9.17, 15) is 41.4 Å². The first-order valence-electron chi connectivity index (χ1n) is 14.6. The fraction of sp³-hybridized carbons (Fsp3) is 0.406. The van der Waals surface area contributed by atoms with E-state index in [4.69, 9.17) is 4.74 Å². The molecule has 250 valence electrons. The molecule has 1 amide bonds. The van der Waals surface area contributed by atoms with E-state index in [2.05, 4.69) is 9.97 Å². The van der Waals surface area contributed by atoms with Crippen molar-refractivity contribution in [2.75, 3.05) is 24.6 Å². The monoisotopic (exact) mass is 666 g/mol. The molecule has 0 radical (unpaired) electrons. The Morgan fingerprint density at radius 3 is 2.38 bits per heavy atom. The Balaban J connectivity index is 1.64. The van der Waals surface area contributed by atoms with Crippen molar-refractivity contribution >= 4 is 33.6 Å². The maximum absolute atomic E-state index is 16.8. The second-order valence-electron chi connectivity index (χ2n) is 13.0. The molecule has 0 aliphatic carbocycles. The van der Waals surface area contributed by atoms with Gasteiger partial charge < -0.3 is 19.8 Å². The smallest absolute Gasteiger partial charge is 0.422 e. The van der Waals surface area contributed by atoms with Crippen LogP contribution >= 0.6 is 0 Å². The van der Waals surface area contributed by atoms with Crippen LogP contribution in [-0.2, 0) is 6.18 Å². The van der Waals surface area contributed by atoms with Crippen molar-refractivity contribution in [3.05, 3.63) is 53.8 Å². The number of hydrogen-bond donors (Lipinski definition) is 2. The van der Waals surface area contributed by atoms with Gasteiger partial charge in [0.25, 0.3) is 0 Å². The quantitative estimate of drug-likeness (QED) is 0.213. The first-order chi connectivity index (χ1) is 21.8. The topological polar surface area (TPSA) is 99.0 Å². The summed E-state index contributed by atoms with van der Waals surface area (Å²) in [7, 11) is 0. The number of halogens is 7. The van der Waals surface area contributed by atoms with Crippen molar-refractivity contribution in [1.29, 1.82) is 0 Å². The number of rotatable bonds is 4. The number of phenolic OH excluding ortho intramolecular Hbond substituents is 1. The van der Waals surface area contributed by atoms with Gasteiger partial charge in [-0.15, -0.1) is 0 Å². The maximum Gasteiger partial charge on any atom is 0.422 e. The fourth-order valence-corrected chi connectivity index (χ4v) is 7.07. The predicted molar refractivity (Wildman–Crippen MR) is 158 cm³/mol. The number of fused-ring (bicyclic) bond motifs is 4. The third-order valence-corrected chi connectivity index (χ3v) is 9.18. The minimum absolute atomic E-state index is 0.0725.